The maximum atomic E-state index is 10.5. The number of benzene rings is 1. The fourth-order valence-electron chi connectivity index (χ4n) is 2.19. The van der Waals surface area contributed by atoms with Gasteiger partial charge in [0, 0.05) is 16.5 Å². The van der Waals surface area contributed by atoms with Gasteiger partial charge in [-0.25, -0.2) is 0 Å². The molecule has 1 fully saturated rings. The largest absolute Gasteiger partial charge is 0.389 e. The van der Waals surface area contributed by atoms with E-state index in [9.17, 15) is 5.11 Å². The number of aliphatic hydroxyl groups is 1. The van der Waals surface area contributed by atoms with Gasteiger partial charge in [-0.15, -0.1) is 0 Å². The Morgan fingerprint density at radius 1 is 1.38 bits per heavy atom. The fraction of sp³-hybridized carbons (Fsp3) is 0.538. The highest BCUT2D eigenvalue weighted by Crippen LogP contribution is 2.44. The molecular formula is C13H16Cl2O. The first-order valence-corrected chi connectivity index (χ1v) is 6.47. The van der Waals surface area contributed by atoms with Crippen molar-refractivity contribution in [1.82, 2.24) is 0 Å². The van der Waals surface area contributed by atoms with Crippen molar-refractivity contribution in [3.8, 4) is 0 Å². The van der Waals surface area contributed by atoms with Crippen LogP contribution >= 0.6 is 23.2 Å². The van der Waals surface area contributed by atoms with Gasteiger partial charge in [0.05, 0.1) is 5.60 Å². The quantitative estimate of drug-likeness (QED) is 0.863. The second kappa shape index (κ2) is 4.56. The Kier molecular flexibility index (Phi) is 3.48. The molecule has 2 rings (SSSR count). The van der Waals surface area contributed by atoms with E-state index in [1.54, 1.807) is 12.1 Å². The molecule has 1 atom stereocenters. The molecule has 0 aliphatic heterocycles. The molecule has 1 aromatic carbocycles. The van der Waals surface area contributed by atoms with Crippen LogP contribution in [0.25, 0.3) is 0 Å². The van der Waals surface area contributed by atoms with Crippen molar-refractivity contribution >= 4 is 23.2 Å². The van der Waals surface area contributed by atoms with Gasteiger partial charge in [-0.1, -0.05) is 30.1 Å². The van der Waals surface area contributed by atoms with Crippen LogP contribution in [-0.4, -0.2) is 10.7 Å². The number of halogens is 2. The molecule has 1 nitrogen and oxygen atoms in total. The third-order valence-electron chi connectivity index (χ3n) is 3.45. The van der Waals surface area contributed by atoms with E-state index in [0.717, 1.165) is 24.8 Å². The van der Waals surface area contributed by atoms with Crippen molar-refractivity contribution in [1.29, 1.82) is 0 Å². The molecule has 0 saturated heterocycles. The average molecular weight is 259 g/mol. The molecule has 0 heterocycles. The van der Waals surface area contributed by atoms with Crippen LogP contribution < -0.4 is 0 Å². The minimum Gasteiger partial charge on any atom is -0.389 e. The lowest BCUT2D eigenvalue weighted by Crippen LogP contribution is -2.33. The summed E-state index contributed by atoms with van der Waals surface area (Å²) in [5, 5.41) is 11.9. The van der Waals surface area contributed by atoms with Gasteiger partial charge in [-0.3, -0.25) is 0 Å². The first-order valence-electron chi connectivity index (χ1n) is 5.71. The van der Waals surface area contributed by atoms with E-state index < -0.39 is 5.60 Å². The van der Waals surface area contributed by atoms with E-state index in [-0.39, 0.29) is 0 Å². The summed E-state index contributed by atoms with van der Waals surface area (Å²) in [6.45, 7) is 2.02. The molecule has 3 heteroatoms. The van der Waals surface area contributed by atoms with Gasteiger partial charge in [-0.05, 0) is 48.9 Å². The average Bonchev–Trinajstić information content (AvgIpc) is 3.07. The van der Waals surface area contributed by atoms with Crippen molar-refractivity contribution < 1.29 is 5.11 Å². The summed E-state index contributed by atoms with van der Waals surface area (Å²) in [7, 11) is 0. The highest BCUT2D eigenvalue weighted by Gasteiger charge is 2.42. The van der Waals surface area contributed by atoms with Gasteiger partial charge < -0.3 is 5.11 Å². The van der Waals surface area contributed by atoms with E-state index >= 15 is 0 Å². The summed E-state index contributed by atoms with van der Waals surface area (Å²) in [5.74, 6) is 0.438. The first-order chi connectivity index (χ1) is 7.55. The van der Waals surface area contributed by atoms with Crippen LogP contribution in [0.15, 0.2) is 18.2 Å². The van der Waals surface area contributed by atoms with Crippen molar-refractivity contribution in [2.24, 2.45) is 5.92 Å². The van der Waals surface area contributed by atoms with Crippen LogP contribution in [0.4, 0.5) is 0 Å². The maximum Gasteiger partial charge on any atom is 0.0713 e. The standard InChI is InChI=1S/C13H16Cl2O/c1-2-13(16,10-3-4-10)8-9-7-11(14)5-6-12(9)15/h5-7,10,16H,2-4,8H2,1H3. The predicted molar refractivity (Wildman–Crippen MR) is 68.1 cm³/mol. The molecule has 1 aromatic rings. The molecule has 1 N–H and O–H groups in total. The molecule has 0 amide bonds. The topological polar surface area (TPSA) is 20.2 Å². The van der Waals surface area contributed by atoms with Crippen LogP contribution in [0.3, 0.4) is 0 Å². The fourth-order valence-corrected chi connectivity index (χ4v) is 2.57. The summed E-state index contributed by atoms with van der Waals surface area (Å²) in [4.78, 5) is 0. The number of hydrogen-bond donors (Lipinski definition) is 1. The summed E-state index contributed by atoms with van der Waals surface area (Å²) in [6.07, 6.45) is 3.62. The summed E-state index contributed by atoms with van der Waals surface area (Å²) in [5.41, 5.74) is 0.347. The molecule has 16 heavy (non-hydrogen) atoms. The Bertz CT molecular complexity index is 388. The van der Waals surface area contributed by atoms with Crippen LogP contribution in [0, 0.1) is 5.92 Å². The molecule has 0 aromatic heterocycles. The van der Waals surface area contributed by atoms with Gasteiger partial charge in [0.1, 0.15) is 0 Å². The van der Waals surface area contributed by atoms with Crippen LogP contribution in [0.5, 0.6) is 0 Å². The molecule has 1 unspecified atom stereocenters. The molecule has 0 radical (unpaired) electrons. The smallest absolute Gasteiger partial charge is 0.0713 e. The highest BCUT2D eigenvalue weighted by atomic mass is 35.5. The van der Waals surface area contributed by atoms with Gasteiger partial charge in [0.15, 0.2) is 0 Å². The van der Waals surface area contributed by atoms with Crippen LogP contribution in [0.2, 0.25) is 10.0 Å². The summed E-state index contributed by atoms with van der Waals surface area (Å²) >= 11 is 12.1. The Hall–Kier alpha value is -0.240. The zero-order chi connectivity index (χ0) is 11.8. The lowest BCUT2D eigenvalue weighted by atomic mass is 9.87. The van der Waals surface area contributed by atoms with Gasteiger partial charge in [-0.2, -0.15) is 0 Å². The second-order valence-electron chi connectivity index (χ2n) is 4.64. The molecular weight excluding hydrogens is 243 g/mol. The van der Waals surface area contributed by atoms with Crippen LogP contribution in [0.1, 0.15) is 31.7 Å². The number of hydrogen-bond acceptors (Lipinski definition) is 1. The first kappa shape index (κ1) is 12.2. The third kappa shape index (κ3) is 2.53. The van der Waals surface area contributed by atoms with Crippen molar-refractivity contribution in [3.05, 3.63) is 33.8 Å². The lowest BCUT2D eigenvalue weighted by Gasteiger charge is -2.27. The molecule has 88 valence electrons. The lowest BCUT2D eigenvalue weighted by molar-refractivity contribution is 0.0139. The molecule has 0 spiro atoms. The Morgan fingerprint density at radius 3 is 2.62 bits per heavy atom. The van der Waals surface area contributed by atoms with E-state index in [2.05, 4.69) is 0 Å². The highest BCUT2D eigenvalue weighted by molar-refractivity contribution is 6.33. The monoisotopic (exact) mass is 258 g/mol. The minimum atomic E-state index is -0.603. The Morgan fingerprint density at radius 2 is 2.06 bits per heavy atom. The van der Waals surface area contributed by atoms with Gasteiger partial charge >= 0.3 is 0 Å². The Labute approximate surface area is 106 Å². The number of rotatable bonds is 4. The maximum absolute atomic E-state index is 10.5. The zero-order valence-corrected chi connectivity index (χ0v) is 10.9. The summed E-state index contributed by atoms with van der Waals surface area (Å²) in [6, 6.07) is 5.42. The zero-order valence-electron chi connectivity index (χ0n) is 9.34. The van der Waals surface area contributed by atoms with Crippen molar-refractivity contribution in [2.75, 3.05) is 0 Å². The minimum absolute atomic E-state index is 0.438. The van der Waals surface area contributed by atoms with Crippen molar-refractivity contribution in [2.45, 2.75) is 38.2 Å². The molecule has 0 bridgehead atoms. The van der Waals surface area contributed by atoms with E-state index in [0.29, 0.717) is 22.4 Å². The Balaban J connectivity index is 2.21. The molecule has 1 saturated carbocycles. The van der Waals surface area contributed by atoms with Crippen LogP contribution in [-0.2, 0) is 6.42 Å². The SMILES string of the molecule is CCC(O)(Cc1cc(Cl)ccc1Cl)C1CC1. The normalized spacial score (nSPS) is 19.5. The van der Waals surface area contributed by atoms with E-state index in [4.69, 9.17) is 23.2 Å². The van der Waals surface area contributed by atoms with E-state index in [1.165, 1.54) is 0 Å². The summed E-state index contributed by atoms with van der Waals surface area (Å²) < 4.78 is 0. The van der Waals surface area contributed by atoms with E-state index in [1.807, 2.05) is 13.0 Å². The van der Waals surface area contributed by atoms with Gasteiger partial charge in [0.25, 0.3) is 0 Å². The van der Waals surface area contributed by atoms with Gasteiger partial charge in [0.2, 0.25) is 0 Å². The second-order valence-corrected chi connectivity index (χ2v) is 5.49. The van der Waals surface area contributed by atoms with Crippen molar-refractivity contribution in [3.63, 3.8) is 0 Å². The molecule has 1 aliphatic carbocycles. The predicted octanol–water partition coefficient (Wildman–Crippen LogP) is 4.09. The third-order valence-corrected chi connectivity index (χ3v) is 4.06. The molecule has 1 aliphatic rings.